The first kappa shape index (κ1) is 15.9. The minimum absolute atomic E-state index is 0.00768. The molecule has 0 saturated heterocycles. The largest absolute Gasteiger partial charge is 0.481 e. The van der Waals surface area contributed by atoms with Crippen molar-refractivity contribution in [2.75, 3.05) is 0 Å². The summed E-state index contributed by atoms with van der Waals surface area (Å²) >= 11 is 0. The average molecular weight is 298 g/mol. The van der Waals surface area contributed by atoms with Crippen LogP contribution in [0.5, 0.6) is 0 Å². The predicted molar refractivity (Wildman–Crippen MR) is 73.7 cm³/mol. The van der Waals surface area contributed by atoms with Crippen molar-refractivity contribution in [3.63, 3.8) is 0 Å². The lowest BCUT2D eigenvalue weighted by Gasteiger charge is -2.37. The minimum Gasteiger partial charge on any atom is -0.481 e. The molecule has 1 aliphatic carbocycles. The van der Waals surface area contributed by atoms with Crippen LogP contribution in [0.2, 0.25) is 0 Å². The van der Waals surface area contributed by atoms with Crippen LogP contribution in [-0.4, -0.2) is 16.2 Å². The summed E-state index contributed by atoms with van der Waals surface area (Å²) < 4.78 is 26.2. The van der Waals surface area contributed by atoms with Crippen molar-refractivity contribution in [1.29, 1.82) is 0 Å². The number of benzene rings is 1. The molecule has 5 heteroatoms. The molecule has 0 amide bonds. The maximum absolute atomic E-state index is 13.2. The molecule has 0 radical (unpaired) electrons. The first-order valence-electron chi connectivity index (χ1n) is 7.27. The molecule has 0 bridgehead atoms. The number of carbonyl (C=O) groups is 1. The van der Waals surface area contributed by atoms with Gasteiger partial charge in [-0.2, -0.15) is 0 Å². The van der Waals surface area contributed by atoms with E-state index in [-0.39, 0.29) is 12.8 Å². The number of hydrogen-bond acceptors (Lipinski definition) is 2. The Hall–Kier alpha value is -1.49. The normalized spacial score (nSPS) is 19.2. The van der Waals surface area contributed by atoms with Gasteiger partial charge >= 0.3 is 5.97 Å². The number of hydrogen-bond donors (Lipinski definition) is 2. The first-order chi connectivity index (χ1) is 9.92. The lowest BCUT2D eigenvalue weighted by Crippen LogP contribution is -2.29. The van der Waals surface area contributed by atoms with Gasteiger partial charge in [-0.3, -0.25) is 4.79 Å². The van der Waals surface area contributed by atoms with E-state index in [2.05, 4.69) is 0 Å². The fourth-order valence-corrected chi connectivity index (χ4v) is 3.32. The monoisotopic (exact) mass is 298 g/mol. The van der Waals surface area contributed by atoms with Gasteiger partial charge in [0.25, 0.3) is 0 Å². The SMILES string of the molecule is O=C(O)CC1(CC(O)c2ccc(F)c(F)c2)CCCCC1. The lowest BCUT2D eigenvalue weighted by atomic mass is 9.68. The molecule has 1 saturated carbocycles. The molecule has 3 nitrogen and oxygen atoms in total. The van der Waals surface area contributed by atoms with Crippen LogP contribution >= 0.6 is 0 Å². The van der Waals surface area contributed by atoms with E-state index in [4.69, 9.17) is 5.11 Å². The van der Waals surface area contributed by atoms with Crippen molar-refractivity contribution in [3.05, 3.63) is 35.4 Å². The number of aliphatic hydroxyl groups is 1. The Balaban J connectivity index is 2.15. The van der Waals surface area contributed by atoms with Crippen LogP contribution in [0, 0.1) is 17.0 Å². The van der Waals surface area contributed by atoms with Gasteiger partial charge in [-0.1, -0.05) is 25.3 Å². The third kappa shape index (κ3) is 4.00. The van der Waals surface area contributed by atoms with E-state index in [0.717, 1.165) is 44.2 Å². The van der Waals surface area contributed by atoms with Gasteiger partial charge in [-0.25, -0.2) is 8.78 Å². The Labute approximate surface area is 122 Å². The molecule has 0 spiro atoms. The van der Waals surface area contributed by atoms with Crippen molar-refractivity contribution in [1.82, 2.24) is 0 Å². The summed E-state index contributed by atoms with van der Waals surface area (Å²) in [5.74, 6) is -2.83. The zero-order chi connectivity index (χ0) is 15.5. The van der Waals surface area contributed by atoms with Crippen LogP contribution in [0.4, 0.5) is 8.78 Å². The molecule has 116 valence electrons. The molecular formula is C16H20F2O3. The molecule has 21 heavy (non-hydrogen) atoms. The topological polar surface area (TPSA) is 57.5 Å². The predicted octanol–water partition coefficient (Wildman–Crippen LogP) is 3.81. The Morgan fingerprint density at radius 1 is 1.19 bits per heavy atom. The van der Waals surface area contributed by atoms with E-state index in [1.54, 1.807) is 0 Å². The van der Waals surface area contributed by atoms with Crippen LogP contribution in [0.3, 0.4) is 0 Å². The summed E-state index contributed by atoms with van der Waals surface area (Å²) in [5, 5.41) is 19.4. The van der Waals surface area contributed by atoms with Crippen molar-refractivity contribution in [2.45, 2.75) is 51.0 Å². The fourth-order valence-electron chi connectivity index (χ4n) is 3.32. The third-order valence-electron chi connectivity index (χ3n) is 4.40. The summed E-state index contributed by atoms with van der Waals surface area (Å²) in [4.78, 5) is 11.1. The molecule has 1 fully saturated rings. The van der Waals surface area contributed by atoms with Gasteiger partial charge in [-0.15, -0.1) is 0 Å². The highest BCUT2D eigenvalue weighted by Crippen LogP contribution is 2.45. The highest BCUT2D eigenvalue weighted by molar-refractivity contribution is 5.67. The quantitative estimate of drug-likeness (QED) is 0.869. The number of aliphatic carboxylic acids is 1. The fraction of sp³-hybridized carbons (Fsp3) is 0.562. The van der Waals surface area contributed by atoms with Gasteiger partial charge in [0.15, 0.2) is 11.6 Å². The zero-order valence-corrected chi connectivity index (χ0v) is 11.8. The van der Waals surface area contributed by atoms with Crippen molar-refractivity contribution >= 4 is 5.97 Å². The van der Waals surface area contributed by atoms with Crippen LogP contribution in [0.15, 0.2) is 18.2 Å². The molecule has 1 atom stereocenters. The summed E-state index contributed by atoms with van der Waals surface area (Å²) in [6.07, 6.45) is 3.76. The third-order valence-corrected chi connectivity index (χ3v) is 4.40. The van der Waals surface area contributed by atoms with Crippen molar-refractivity contribution in [2.24, 2.45) is 5.41 Å². The molecule has 2 N–H and O–H groups in total. The molecule has 1 aromatic carbocycles. The van der Waals surface area contributed by atoms with Gasteiger partial charge in [0.2, 0.25) is 0 Å². The Morgan fingerprint density at radius 3 is 2.43 bits per heavy atom. The summed E-state index contributed by atoms with van der Waals surface area (Å²) in [5.41, 5.74) is -0.154. The molecule has 2 rings (SSSR count). The molecule has 1 aliphatic rings. The van der Waals surface area contributed by atoms with Crippen molar-refractivity contribution in [3.8, 4) is 0 Å². The zero-order valence-electron chi connectivity index (χ0n) is 11.8. The maximum atomic E-state index is 13.2. The Bertz CT molecular complexity index is 510. The Kier molecular flexibility index (Phi) is 4.93. The van der Waals surface area contributed by atoms with Gasteiger partial charge in [-0.05, 0) is 42.4 Å². The standard InChI is InChI=1S/C16H20F2O3/c17-12-5-4-11(8-13(12)18)14(19)9-16(10-15(20)21)6-2-1-3-7-16/h4-5,8,14,19H,1-3,6-7,9-10H2,(H,20,21). The van der Waals surface area contributed by atoms with Gasteiger partial charge in [0.1, 0.15) is 0 Å². The molecule has 1 unspecified atom stereocenters. The second-order valence-electron chi connectivity index (χ2n) is 6.02. The van der Waals surface area contributed by atoms with Gasteiger partial charge < -0.3 is 10.2 Å². The highest BCUT2D eigenvalue weighted by atomic mass is 19.2. The first-order valence-corrected chi connectivity index (χ1v) is 7.27. The summed E-state index contributed by atoms with van der Waals surface area (Å²) in [6.45, 7) is 0. The van der Waals surface area contributed by atoms with E-state index in [9.17, 15) is 18.7 Å². The second-order valence-corrected chi connectivity index (χ2v) is 6.02. The molecular weight excluding hydrogens is 278 g/mol. The molecule has 0 aromatic heterocycles. The Morgan fingerprint density at radius 2 is 1.86 bits per heavy atom. The number of carboxylic acids is 1. The molecule has 0 heterocycles. The van der Waals surface area contributed by atoms with Crippen LogP contribution < -0.4 is 0 Å². The minimum atomic E-state index is -0.998. The lowest BCUT2D eigenvalue weighted by molar-refractivity contribution is -0.141. The van der Waals surface area contributed by atoms with Crippen LogP contribution in [-0.2, 0) is 4.79 Å². The van der Waals surface area contributed by atoms with Gasteiger partial charge in [0, 0.05) is 0 Å². The van der Waals surface area contributed by atoms with Crippen LogP contribution in [0.1, 0.15) is 56.6 Å². The van der Waals surface area contributed by atoms with Crippen molar-refractivity contribution < 1.29 is 23.8 Å². The number of rotatable bonds is 5. The molecule has 0 aliphatic heterocycles. The highest BCUT2D eigenvalue weighted by Gasteiger charge is 2.36. The number of halogens is 2. The summed E-state index contributed by atoms with van der Waals surface area (Å²) in [7, 11) is 0. The van der Waals surface area contributed by atoms with E-state index >= 15 is 0 Å². The maximum Gasteiger partial charge on any atom is 0.303 e. The summed E-state index contributed by atoms with van der Waals surface area (Å²) in [6, 6.07) is 3.32. The van der Waals surface area contributed by atoms with E-state index in [0.29, 0.717) is 5.56 Å². The molecule has 1 aromatic rings. The smallest absolute Gasteiger partial charge is 0.303 e. The van der Waals surface area contributed by atoms with E-state index in [1.807, 2.05) is 0 Å². The van der Waals surface area contributed by atoms with E-state index in [1.165, 1.54) is 6.07 Å². The second kappa shape index (κ2) is 6.52. The van der Waals surface area contributed by atoms with Gasteiger partial charge in [0.05, 0.1) is 12.5 Å². The number of carboxylic acid groups (broad SMARTS) is 1. The van der Waals surface area contributed by atoms with Crippen LogP contribution in [0.25, 0.3) is 0 Å². The number of aliphatic hydroxyl groups excluding tert-OH is 1. The van der Waals surface area contributed by atoms with E-state index < -0.39 is 29.1 Å². The average Bonchev–Trinajstić information content (AvgIpc) is 2.41.